The topological polar surface area (TPSA) is 68.2 Å². The number of nitrogens with zero attached hydrogens (tertiary/aromatic N) is 1. The Labute approximate surface area is 153 Å². The lowest BCUT2D eigenvalue weighted by Gasteiger charge is -2.32. The van der Waals surface area contributed by atoms with Gasteiger partial charge in [0.05, 0.1) is 6.54 Å². The largest absolute Gasteiger partial charge is 0.355 e. The van der Waals surface area contributed by atoms with Gasteiger partial charge in [0, 0.05) is 25.2 Å². The van der Waals surface area contributed by atoms with E-state index in [0.717, 1.165) is 18.4 Å². The molecule has 136 valence electrons. The fourth-order valence-electron chi connectivity index (χ4n) is 3.60. The second kappa shape index (κ2) is 7.68. The first-order valence-electron chi connectivity index (χ1n) is 9.01. The van der Waals surface area contributed by atoms with Crippen LogP contribution in [0.4, 0.5) is 0 Å². The van der Waals surface area contributed by atoms with Crippen molar-refractivity contribution in [2.24, 2.45) is 11.8 Å². The van der Waals surface area contributed by atoms with Gasteiger partial charge in [-0.3, -0.25) is 14.4 Å². The zero-order chi connectivity index (χ0) is 18.7. The van der Waals surface area contributed by atoms with Gasteiger partial charge in [-0.05, 0) is 36.3 Å². The van der Waals surface area contributed by atoms with Gasteiger partial charge in [-0.25, -0.2) is 0 Å². The van der Waals surface area contributed by atoms with E-state index in [4.69, 9.17) is 0 Å². The molecule has 5 nitrogen and oxygen atoms in total. The molecular formula is C21H24N2O3. The summed E-state index contributed by atoms with van der Waals surface area (Å²) in [7, 11) is 1.48. The van der Waals surface area contributed by atoms with Crippen LogP contribution in [0.3, 0.4) is 0 Å². The first-order valence-corrected chi connectivity index (χ1v) is 9.01. The Kier molecular flexibility index (Phi) is 5.35. The van der Waals surface area contributed by atoms with Crippen LogP contribution in [0.15, 0.2) is 47.4 Å². The third-order valence-electron chi connectivity index (χ3n) is 5.02. The van der Waals surface area contributed by atoms with Gasteiger partial charge in [0.2, 0.25) is 0 Å². The van der Waals surface area contributed by atoms with E-state index >= 15 is 0 Å². The highest BCUT2D eigenvalue weighted by atomic mass is 16.2. The number of pyridine rings is 1. The Morgan fingerprint density at radius 1 is 1.19 bits per heavy atom. The van der Waals surface area contributed by atoms with Crippen LogP contribution >= 0.6 is 0 Å². The van der Waals surface area contributed by atoms with Crippen LogP contribution in [0.5, 0.6) is 0 Å². The molecule has 3 rings (SSSR count). The van der Waals surface area contributed by atoms with Crippen LogP contribution in [-0.2, 0) is 6.54 Å². The third kappa shape index (κ3) is 3.93. The summed E-state index contributed by atoms with van der Waals surface area (Å²) < 4.78 is 1.45. The number of rotatable bonds is 6. The summed E-state index contributed by atoms with van der Waals surface area (Å²) in [6, 6.07) is 11.0. The number of carbonyl (C=O) groups excluding carboxylic acids is 2. The first kappa shape index (κ1) is 18.1. The van der Waals surface area contributed by atoms with Gasteiger partial charge < -0.3 is 9.88 Å². The predicted molar refractivity (Wildman–Crippen MR) is 100 cm³/mol. The molecule has 0 bridgehead atoms. The molecule has 1 heterocycles. The molecule has 0 atom stereocenters. The molecule has 1 fully saturated rings. The lowest BCUT2D eigenvalue weighted by Crippen LogP contribution is -2.32. The molecule has 26 heavy (non-hydrogen) atoms. The fourth-order valence-corrected chi connectivity index (χ4v) is 3.60. The average molecular weight is 352 g/mol. The maximum Gasteiger partial charge on any atom is 0.263 e. The minimum atomic E-state index is -0.469. The summed E-state index contributed by atoms with van der Waals surface area (Å²) >= 11 is 0. The van der Waals surface area contributed by atoms with E-state index in [2.05, 4.69) is 12.2 Å². The summed E-state index contributed by atoms with van der Waals surface area (Å²) in [6.45, 7) is 2.51. The highest BCUT2D eigenvalue weighted by molar-refractivity contribution is 6.00. The zero-order valence-electron chi connectivity index (χ0n) is 15.2. The first-order chi connectivity index (χ1) is 12.5. The van der Waals surface area contributed by atoms with Gasteiger partial charge in [-0.15, -0.1) is 0 Å². The zero-order valence-corrected chi connectivity index (χ0v) is 15.2. The lowest BCUT2D eigenvalue weighted by molar-refractivity contribution is 0.0904. The van der Waals surface area contributed by atoms with Gasteiger partial charge in [0.25, 0.3) is 11.5 Å². The molecule has 0 aliphatic heterocycles. The number of hydrogen-bond donors (Lipinski definition) is 1. The number of hydrogen-bond acceptors (Lipinski definition) is 3. The van der Waals surface area contributed by atoms with Crippen molar-refractivity contribution in [3.63, 3.8) is 0 Å². The number of carbonyl (C=O) groups is 2. The van der Waals surface area contributed by atoms with Crippen LogP contribution in [0.1, 0.15) is 52.5 Å². The second-order valence-corrected chi connectivity index (χ2v) is 7.21. The van der Waals surface area contributed by atoms with E-state index in [9.17, 15) is 14.4 Å². The molecule has 1 aliphatic rings. The minimum Gasteiger partial charge on any atom is -0.355 e. The molecule has 5 heteroatoms. The normalized spacial score (nSPS) is 18.8. The van der Waals surface area contributed by atoms with Crippen molar-refractivity contribution in [3.05, 3.63) is 69.6 Å². The molecule has 1 aliphatic carbocycles. The van der Waals surface area contributed by atoms with E-state index in [-0.39, 0.29) is 16.9 Å². The number of aromatic nitrogens is 1. The van der Waals surface area contributed by atoms with Crippen molar-refractivity contribution < 1.29 is 9.59 Å². The SMILES string of the molecule is CNC(=O)c1cc(C(=O)CC2CC(C)C2)cn(Cc2ccccc2)c1=O. The Bertz CT molecular complexity index is 865. The monoisotopic (exact) mass is 352 g/mol. The van der Waals surface area contributed by atoms with Gasteiger partial charge in [-0.2, -0.15) is 0 Å². The van der Waals surface area contributed by atoms with E-state index < -0.39 is 5.91 Å². The minimum absolute atomic E-state index is 0.00568. The molecule has 0 spiro atoms. The maximum atomic E-state index is 12.7. The van der Waals surface area contributed by atoms with Crippen LogP contribution in [-0.4, -0.2) is 23.3 Å². The third-order valence-corrected chi connectivity index (χ3v) is 5.02. The van der Waals surface area contributed by atoms with Crippen molar-refractivity contribution in [1.82, 2.24) is 9.88 Å². The highest BCUT2D eigenvalue weighted by Gasteiger charge is 2.28. The predicted octanol–water partition coefficient (Wildman–Crippen LogP) is 2.88. The van der Waals surface area contributed by atoms with E-state index in [0.29, 0.717) is 30.4 Å². The van der Waals surface area contributed by atoms with E-state index in [1.807, 2.05) is 30.3 Å². The van der Waals surface area contributed by atoms with Crippen LogP contribution < -0.4 is 10.9 Å². The number of amides is 1. The molecule has 2 aromatic rings. The highest BCUT2D eigenvalue weighted by Crippen LogP contribution is 2.36. The summed E-state index contributed by atoms with van der Waals surface area (Å²) in [5, 5.41) is 2.48. The van der Waals surface area contributed by atoms with Crippen molar-refractivity contribution in [3.8, 4) is 0 Å². The Balaban J connectivity index is 1.93. The molecule has 1 N–H and O–H groups in total. The van der Waals surface area contributed by atoms with Gasteiger partial charge in [0.15, 0.2) is 5.78 Å². The summed E-state index contributed by atoms with van der Waals surface area (Å²) in [6.07, 6.45) is 4.20. The molecule has 0 radical (unpaired) electrons. The lowest BCUT2D eigenvalue weighted by atomic mass is 9.73. The molecule has 1 aromatic carbocycles. The summed E-state index contributed by atoms with van der Waals surface area (Å²) in [5.74, 6) is 0.620. The summed E-state index contributed by atoms with van der Waals surface area (Å²) in [4.78, 5) is 37.5. The molecular weight excluding hydrogens is 328 g/mol. The number of ketones is 1. The second-order valence-electron chi connectivity index (χ2n) is 7.21. The van der Waals surface area contributed by atoms with Crippen LogP contribution in [0, 0.1) is 11.8 Å². The van der Waals surface area contributed by atoms with Crippen LogP contribution in [0.2, 0.25) is 0 Å². The maximum absolute atomic E-state index is 12.7. The quantitative estimate of drug-likeness (QED) is 0.813. The average Bonchev–Trinajstić information content (AvgIpc) is 2.62. The number of nitrogens with one attached hydrogen (secondary N) is 1. The standard InChI is InChI=1S/C21H24N2O3/c1-14-8-16(9-14)10-19(24)17-11-18(20(25)22-2)21(26)23(13-17)12-15-6-4-3-5-7-15/h3-7,11,13-14,16H,8-10,12H2,1-2H3,(H,22,25). The Hall–Kier alpha value is -2.69. The fraction of sp³-hybridized carbons (Fsp3) is 0.381. The molecule has 0 unspecified atom stereocenters. The Morgan fingerprint density at radius 3 is 2.50 bits per heavy atom. The van der Waals surface area contributed by atoms with Crippen molar-refractivity contribution >= 4 is 11.7 Å². The summed E-state index contributed by atoms with van der Waals surface area (Å²) in [5.41, 5.74) is 0.992. The Morgan fingerprint density at radius 2 is 1.88 bits per heavy atom. The van der Waals surface area contributed by atoms with E-state index in [1.165, 1.54) is 17.7 Å². The number of benzene rings is 1. The van der Waals surface area contributed by atoms with Gasteiger partial charge in [-0.1, -0.05) is 37.3 Å². The number of Topliss-reactive ketones (excluding diaryl/α,β-unsaturated/α-hetero) is 1. The van der Waals surface area contributed by atoms with Gasteiger partial charge >= 0.3 is 0 Å². The molecule has 1 amide bonds. The molecule has 1 saturated carbocycles. The smallest absolute Gasteiger partial charge is 0.263 e. The van der Waals surface area contributed by atoms with Crippen molar-refractivity contribution in [1.29, 1.82) is 0 Å². The van der Waals surface area contributed by atoms with Crippen LogP contribution in [0.25, 0.3) is 0 Å². The van der Waals surface area contributed by atoms with Gasteiger partial charge in [0.1, 0.15) is 5.56 Å². The molecule has 0 saturated heterocycles. The van der Waals surface area contributed by atoms with E-state index in [1.54, 1.807) is 6.20 Å². The molecule has 1 aromatic heterocycles. The van der Waals surface area contributed by atoms with Crippen molar-refractivity contribution in [2.45, 2.75) is 32.7 Å². The van der Waals surface area contributed by atoms with Crippen molar-refractivity contribution in [2.75, 3.05) is 7.05 Å².